The molecule has 0 unspecified atom stereocenters. The van der Waals surface area contributed by atoms with Gasteiger partial charge in [-0.25, -0.2) is 22.6 Å². The molecule has 0 aliphatic heterocycles. The number of rotatable bonds is 2. The maximum atomic E-state index is 13.0. The van der Waals surface area contributed by atoms with E-state index in [0.717, 1.165) is 10.9 Å². The average molecular weight is 280 g/mol. The summed E-state index contributed by atoms with van der Waals surface area (Å²) in [5.74, 6) is -0.453. The third-order valence-electron chi connectivity index (χ3n) is 2.50. The van der Waals surface area contributed by atoms with E-state index in [1.54, 1.807) is 13.0 Å². The summed E-state index contributed by atoms with van der Waals surface area (Å²) >= 11 is 0. The third kappa shape index (κ3) is 2.33. The fourth-order valence-corrected chi connectivity index (χ4v) is 2.51. The molecule has 6 nitrogen and oxygen atoms in total. The Morgan fingerprint density at radius 3 is 2.68 bits per heavy atom. The summed E-state index contributed by atoms with van der Waals surface area (Å²) in [5, 5.41) is 17.4. The molecule has 0 amide bonds. The number of primary sulfonamides is 1. The van der Waals surface area contributed by atoms with Crippen LogP contribution in [0.4, 0.5) is 4.39 Å². The SMILES string of the molecule is Cc1cc(F)ccc1-n1ncc(C#N)c1S(N)(=O)=O. The van der Waals surface area contributed by atoms with Crippen LogP contribution in [0.5, 0.6) is 0 Å². The second-order valence-electron chi connectivity index (χ2n) is 3.86. The summed E-state index contributed by atoms with van der Waals surface area (Å²) in [5.41, 5.74) is 0.649. The van der Waals surface area contributed by atoms with Crippen LogP contribution in [0.1, 0.15) is 11.1 Å². The van der Waals surface area contributed by atoms with Gasteiger partial charge in [-0.05, 0) is 30.7 Å². The van der Waals surface area contributed by atoms with Crippen LogP contribution in [0.2, 0.25) is 0 Å². The largest absolute Gasteiger partial charge is 0.257 e. The molecule has 0 bridgehead atoms. The van der Waals surface area contributed by atoms with Gasteiger partial charge in [-0.2, -0.15) is 10.4 Å². The first-order chi connectivity index (χ1) is 8.84. The zero-order chi connectivity index (χ0) is 14.2. The number of nitrogens with zero attached hydrogens (tertiary/aromatic N) is 3. The molecule has 2 rings (SSSR count). The number of nitrogens with two attached hydrogens (primary N) is 1. The Hall–Kier alpha value is -2.24. The number of hydrogen-bond acceptors (Lipinski definition) is 4. The van der Waals surface area contributed by atoms with Gasteiger partial charge in [0.25, 0.3) is 10.0 Å². The molecule has 2 N–H and O–H groups in total. The normalized spacial score (nSPS) is 11.3. The molecular weight excluding hydrogens is 271 g/mol. The van der Waals surface area contributed by atoms with E-state index in [2.05, 4.69) is 5.10 Å². The van der Waals surface area contributed by atoms with Crippen molar-refractivity contribution in [3.8, 4) is 11.8 Å². The fraction of sp³-hybridized carbons (Fsp3) is 0.0909. The number of sulfonamides is 1. The Bertz CT molecular complexity index is 790. The van der Waals surface area contributed by atoms with Gasteiger partial charge in [-0.1, -0.05) is 0 Å². The standard InChI is InChI=1S/C11H9FN4O2S/c1-7-4-9(12)2-3-10(7)16-11(19(14,17)18)8(5-13)6-15-16/h2-4,6H,1H3,(H2,14,17,18). The van der Waals surface area contributed by atoms with Crippen molar-refractivity contribution in [3.05, 3.63) is 41.3 Å². The Morgan fingerprint density at radius 1 is 1.47 bits per heavy atom. The zero-order valence-corrected chi connectivity index (χ0v) is 10.6. The second-order valence-corrected chi connectivity index (χ2v) is 5.34. The number of benzene rings is 1. The van der Waals surface area contributed by atoms with Gasteiger partial charge in [0.1, 0.15) is 17.4 Å². The van der Waals surface area contributed by atoms with Gasteiger partial charge in [0.2, 0.25) is 0 Å². The number of hydrogen-bond donors (Lipinski definition) is 1. The Kier molecular flexibility index (Phi) is 3.09. The van der Waals surface area contributed by atoms with E-state index in [1.165, 1.54) is 18.2 Å². The number of aromatic nitrogens is 2. The van der Waals surface area contributed by atoms with Crippen LogP contribution in [0.25, 0.3) is 5.69 Å². The lowest BCUT2D eigenvalue weighted by Crippen LogP contribution is -2.18. The molecule has 1 heterocycles. The minimum absolute atomic E-state index is 0.161. The van der Waals surface area contributed by atoms with Crippen molar-refractivity contribution >= 4 is 10.0 Å². The lowest BCUT2D eigenvalue weighted by Gasteiger charge is -2.09. The van der Waals surface area contributed by atoms with E-state index in [1.807, 2.05) is 0 Å². The number of nitriles is 1. The van der Waals surface area contributed by atoms with Crippen molar-refractivity contribution in [2.24, 2.45) is 5.14 Å². The van der Waals surface area contributed by atoms with E-state index in [0.29, 0.717) is 11.3 Å². The lowest BCUT2D eigenvalue weighted by atomic mass is 10.2. The first-order valence-corrected chi connectivity index (χ1v) is 6.66. The molecule has 0 radical (unpaired) electrons. The van der Waals surface area contributed by atoms with Crippen LogP contribution in [-0.2, 0) is 10.0 Å². The van der Waals surface area contributed by atoms with Crippen LogP contribution in [0, 0.1) is 24.1 Å². The van der Waals surface area contributed by atoms with E-state index >= 15 is 0 Å². The molecule has 8 heteroatoms. The van der Waals surface area contributed by atoms with Gasteiger partial charge in [0.15, 0.2) is 5.03 Å². The molecule has 0 aliphatic rings. The molecule has 1 aromatic carbocycles. The average Bonchev–Trinajstić information content (AvgIpc) is 2.72. The van der Waals surface area contributed by atoms with Crippen LogP contribution >= 0.6 is 0 Å². The second kappa shape index (κ2) is 4.46. The monoisotopic (exact) mass is 280 g/mol. The Morgan fingerprint density at radius 2 is 2.16 bits per heavy atom. The van der Waals surface area contributed by atoms with Crippen molar-refractivity contribution in [2.75, 3.05) is 0 Å². The quantitative estimate of drug-likeness (QED) is 0.880. The molecule has 0 saturated carbocycles. The van der Waals surface area contributed by atoms with Gasteiger partial charge >= 0.3 is 0 Å². The maximum Gasteiger partial charge on any atom is 0.257 e. The molecule has 0 aliphatic carbocycles. The van der Waals surface area contributed by atoms with E-state index in [9.17, 15) is 12.8 Å². The maximum absolute atomic E-state index is 13.0. The van der Waals surface area contributed by atoms with Crippen molar-refractivity contribution in [1.29, 1.82) is 5.26 Å². The summed E-state index contributed by atoms with van der Waals surface area (Å²) in [6, 6.07) is 5.48. The van der Waals surface area contributed by atoms with Gasteiger partial charge in [-0.3, -0.25) is 0 Å². The highest BCUT2D eigenvalue weighted by molar-refractivity contribution is 7.89. The van der Waals surface area contributed by atoms with Crippen LogP contribution < -0.4 is 5.14 Å². The van der Waals surface area contributed by atoms with Crippen molar-refractivity contribution in [3.63, 3.8) is 0 Å². The van der Waals surface area contributed by atoms with E-state index in [4.69, 9.17) is 10.4 Å². The molecular formula is C11H9FN4O2S. The first kappa shape index (κ1) is 13.2. The highest BCUT2D eigenvalue weighted by atomic mass is 32.2. The van der Waals surface area contributed by atoms with Crippen LogP contribution in [-0.4, -0.2) is 18.2 Å². The van der Waals surface area contributed by atoms with Crippen molar-refractivity contribution < 1.29 is 12.8 Å². The molecule has 0 spiro atoms. The third-order valence-corrected chi connectivity index (χ3v) is 3.43. The summed E-state index contributed by atoms with van der Waals surface area (Å²) in [7, 11) is -4.12. The topological polar surface area (TPSA) is 102 Å². The van der Waals surface area contributed by atoms with Crippen LogP contribution in [0.15, 0.2) is 29.4 Å². The molecule has 98 valence electrons. The molecule has 2 aromatic rings. The van der Waals surface area contributed by atoms with Gasteiger partial charge in [0.05, 0.1) is 11.9 Å². The Balaban J connectivity index is 2.78. The minimum atomic E-state index is -4.12. The van der Waals surface area contributed by atoms with Gasteiger partial charge in [-0.15, -0.1) is 0 Å². The molecule has 1 aromatic heterocycles. The summed E-state index contributed by atoms with van der Waals surface area (Å²) in [4.78, 5) is 0. The fourth-order valence-electron chi connectivity index (χ4n) is 1.72. The highest BCUT2D eigenvalue weighted by Crippen LogP contribution is 2.21. The summed E-state index contributed by atoms with van der Waals surface area (Å²) in [6.45, 7) is 1.60. The molecule has 0 fully saturated rings. The van der Waals surface area contributed by atoms with E-state index in [-0.39, 0.29) is 5.56 Å². The van der Waals surface area contributed by atoms with E-state index < -0.39 is 20.9 Å². The van der Waals surface area contributed by atoms with Gasteiger partial charge in [0, 0.05) is 0 Å². The highest BCUT2D eigenvalue weighted by Gasteiger charge is 2.23. The zero-order valence-electron chi connectivity index (χ0n) is 9.83. The predicted molar refractivity (Wildman–Crippen MR) is 64.3 cm³/mol. The summed E-state index contributed by atoms with van der Waals surface area (Å²) in [6.07, 6.45) is 1.10. The number of halogens is 1. The molecule has 0 atom stereocenters. The lowest BCUT2D eigenvalue weighted by molar-refractivity contribution is 0.586. The van der Waals surface area contributed by atoms with Crippen molar-refractivity contribution in [1.82, 2.24) is 9.78 Å². The van der Waals surface area contributed by atoms with Crippen LogP contribution in [0.3, 0.4) is 0 Å². The number of aryl methyl sites for hydroxylation is 1. The molecule has 19 heavy (non-hydrogen) atoms. The first-order valence-electron chi connectivity index (χ1n) is 5.12. The smallest absolute Gasteiger partial charge is 0.223 e. The molecule has 0 saturated heterocycles. The van der Waals surface area contributed by atoms with Crippen molar-refractivity contribution in [2.45, 2.75) is 11.9 Å². The Labute approximate surface area is 108 Å². The predicted octanol–water partition coefficient (Wildman–Crippen LogP) is 0.839. The minimum Gasteiger partial charge on any atom is -0.223 e. The van der Waals surface area contributed by atoms with Gasteiger partial charge < -0.3 is 0 Å². The summed E-state index contributed by atoms with van der Waals surface area (Å²) < 4.78 is 37.1.